The number of benzene rings is 3. The standard InChI is InChI=1S/C13H13Cl2N3O2.C11H13Cl2N3O2.C11H10Cl2N2O/c1-8-16-13(18-20-8)6-5-12(17-19-2)9-3-4-10(14)11(15)7-9;1-18-16-10(4-5-11(14)15-17)7-2-3-8(12)9(13)6-7;1-16-15-11(3-2-6-14)8-4-5-9(12)10(13)7-8/h3-4,7H,5-6H2,1-2H3;2-3,6,17H,4-5H2,1H3,(H2,14,15);4-5,7H,2-3H2,1H3. The highest BCUT2D eigenvalue weighted by Crippen LogP contribution is 2.26. The Labute approximate surface area is 342 Å². The second kappa shape index (κ2) is 24.9. The van der Waals surface area contributed by atoms with E-state index < -0.39 is 0 Å². The second-order valence-electron chi connectivity index (χ2n) is 10.5. The highest BCUT2D eigenvalue weighted by Gasteiger charge is 2.12. The molecule has 0 fully saturated rings. The van der Waals surface area contributed by atoms with Gasteiger partial charge in [-0.15, -0.1) is 0 Å². The maximum Gasteiger partial charge on any atom is 0.223 e. The number of nitrogens with two attached hydrogens (primary N) is 1. The third kappa shape index (κ3) is 16.0. The molecule has 288 valence electrons. The number of hydrogen-bond acceptors (Lipinski definition) is 12. The topological polar surface area (TPSA) is 186 Å². The first-order chi connectivity index (χ1) is 25.9. The number of aromatic nitrogens is 2. The summed E-state index contributed by atoms with van der Waals surface area (Å²) in [5, 5.41) is 38.4. The molecule has 0 saturated heterocycles. The fourth-order valence-electron chi connectivity index (χ4n) is 4.23. The van der Waals surface area contributed by atoms with Crippen molar-refractivity contribution >= 4 is 92.6 Å². The third-order valence-corrected chi connectivity index (χ3v) is 8.96. The number of rotatable bonds is 14. The van der Waals surface area contributed by atoms with Crippen molar-refractivity contribution in [2.75, 3.05) is 21.3 Å². The molecule has 0 aliphatic heterocycles. The van der Waals surface area contributed by atoms with E-state index in [1.54, 1.807) is 55.5 Å². The van der Waals surface area contributed by atoms with E-state index in [4.69, 9.17) is 105 Å². The molecule has 0 atom stereocenters. The normalized spacial score (nSPS) is 11.8. The molecule has 4 aromatic rings. The van der Waals surface area contributed by atoms with Crippen molar-refractivity contribution < 1.29 is 24.2 Å². The number of aryl methyl sites for hydroxylation is 2. The molecule has 19 heteroatoms. The molecular formula is C35H36Cl6N8O5. The highest BCUT2D eigenvalue weighted by atomic mass is 35.5. The lowest BCUT2D eigenvalue weighted by molar-refractivity contribution is 0.213. The van der Waals surface area contributed by atoms with Gasteiger partial charge in [-0.1, -0.05) is 114 Å². The fourth-order valence-corrected chi connectivity index (χ4v) is 5.12. The Bertz CT molecular complexity index is 1980. The maximum atomic E-state index is 8.54. The molecule has 3 aromatic carbocycles. The van der Waals surface area contributed by atoms with Crippen molar-refractivity contribution in [3.63, 3.8) is 0 Å². The van der Waals surface area contributed by atoms with Crippen LogP contribution in [0.2, 0.25) is 30.1 Å². The van der Waals surface area contributed by atoms with Gasteiger partial charge in [-0.2, -0.15) is 10.2 Å². The summed E-state index contributed by atoms with van der Waals surface area (Å²) < 4.78 is 4.93. The van der Waals surface area contributed by atoms with Gasteiger partial charge in [0.2, 0.25) is 5.89 Å². The van der Waals surface area contributed by atoms with Gasteiger partial charge >= 0.3 is 0 Å². The lowest BCUT2D eigenvalue weighted by Gasteiger charge is -2.06. The number of halogens is 6. The summed E-state index contributed by atoms with van der Waals surface area (Å²) in [7, 11) is 4.40. The molecule has 4 rings (SSSR count). The van der Waals surface area contributed by atoms with E-state index in [-0.39, 0.29) is 5.84 Å². The van der Waals surface area contributed by atoms with Gasteiger partial charge in [-0.25, -0.2) is 0 Å². The van der Waals surface area contributed by atoms with E-state index in [1.807, 2.05) is 6.07 Å². The molecule has 0 aliphatic rings. The van der Waals surface area contributed by atoms with Gasteiger partial charge in [0.05, 0.1) is 53.3 Å². The summed E-state index contributed by atoms with van der Waals surface area (Å²) in [6.07, 6.45) is 2.91. The predicted octanol–water partition coefficient (Wildman–Crippen LogP) is 10.2. The zero-order valence-electron chi connectivity index (χ0n) is 29.5. The van der Waals surface area contributed by atoms with Crippen molar-refractivity contribution in [3.8, 4) is 6.07 Å². The second-order valence-corrected chi connectivity index (χ2v) is 13.0. The largest absolute Gasteiger partial charge is 0.409 e. The van der Waals surface area contributed by atoms with Crippen LogP contribution < -0.4 is 5.73 Å². The number of amidine groups is 1. The first kappa shape index (κ1) is 45.9. The van der Waals surface area contributed by atoms with Gasteiger partial charge in [0.1, 0.15) is 27.2 Å². The molecule has 0 unspecified atom stereocenters. The average molecular weight is 861 g/mol. The molecule has 0 amide bonds. The van der Waals surface area contributed by atoms with E-state index >= 15 is 0 Å². The first-order valence-corrected chi connectivity index (χ1v) is 17.9. The molecule has 0 radical (unpaired) electrons. The van der Waals surface area contributed by atoms with Crippen molar-refractivity contribution in [2.45, 2.75) is 45.4 Å². The lowest BCUT2D eigenvalue weighted by atomic mass is 10.1. The Hall–Kier alpha value is -4.29. The average Bonchev–Trinajstić information content (AvgIpc) is 3.58. The van der Waals surface area contributed by atoms with Gasteiger partial charge in [0.25, 0.3) is 0 Å². The molecule has 1 heterocycles. The van der Waals surface area contributed by atoms with Crippen LogP contribution in [0.1, 0.15) is 60.5 Å². The van der Waals surface area contributed by atoms with Crippen LogP contribution in [-0.2, 0) is 20.9 Å². The van der Waals surface area contributed by atoms with Crippen LogP contribution in [0.4, 0.5) is 0 Å². The number of hydrogen-bond donors (Lipinski definition) is 2. The van der Waals surface area contributed by atoms with Crippen LogP contribution in [0.3, 0.4) is 0 Å². The number of nitrogens with zero attached hydrogens (tertiary/aromatic N) is 7. The minimum absolute atomic E-state index is 0.124. The Morgan fingerprint density at radius 2 is 1.13 bits per heavy atom. The van der Waals surface area contributed by atoms with Crippen LogP contribution in [-0.4, -0.2) is 59.6 Å². The van der Waals surface area contributed by atoms with Gasteiger partial charge in [0.15, 0.2) is 5.82 Å². The fraction of sp³-hybridized carbons (Fsp3) is 0.286. The van der Waals surface area contributed by atoms with Crippen molar-refractivity contribution in [2.24, 2.45) is 26.4 Å². The Morgan fingerprint density at radius 1 is 0.704 bits per heavy atom. The van der Waals surface area contributed by atoms with Gasteiger partial charge in [-0.3, -0.25) is 0 Å². The molecule has 54 heavy (non-hydrogen) atoms. The Balaban J connectivity index is 0.000000282. The van der Waals surface area contributed by atoms with E-state index in [0.29, 0.717) is 91.8 Å². The van der Waals surface area contributed by atoms with Crippen LogP contribution >= 0.6 is 69.6 Å². The Morgan fingerprint density at radius 3 is 1.48 bits per heavy atom. The third-order valence-electron chi connectivity index (χ3n) is 6.74. The van der Waals surface area contributed by atoms with E-state index in [0.717, 1.165) is 22.4 Å². The molecular weight excluding hydrogens is 825 g/mol. The minimum atomic E-state index is 0.124. The molecule has 3 N–H and O–H groups in total. The van der Waals surface area contributed by atoms with E-state index in [2.05, 4.69) is 36.8 Å². The van der Waals surface area contributed by atoms with Crippen LogP contribution in [0.5, 0.6) is 0 Å². The summed E-state index contributed by atoms with van der Waals surface area (Å²) in [6.45, 7) is 1.75. The molecule has 0 saturated carbocycles. The minimum Gasteiger partial charge on any atom is -0.409 e. The van der Waals surface area contributed by atoms with Crippen LogP contribution in [0.25, 0.3) is 0 Å². The SMILES string of the molecule is CON=C(CCC#N)c1ccc(Cl)c(Cl)c1.CON=C(CCC(N)=NO)c1ccc(Cl)c(Cl)c1.CON=C(CCc1noc(C)n1)c1ccc(Cl)c(Cl)c1. The summed E-state index contributed by atoms with van der Waals surface area (Å²) in [4.78, 5) is 18.5. The molecule has 1 aromatic heterocycles. The van der Waals surface area contributed by atoms with Crippen molar-refractivity contribution in [1.29, 1.82) is 5.26 Å². The smallest absolute Gasteiger partial charge is 0.223 e. The quantitative estimate of drug-likeness (QED) is 0.0539. The molecule has 13 nitrogen and oxygen atoms in total. The molecule has 0 aliphatic carbocycles. The van der Waals surface area contributed by atoms with Gasteiger partial charge in [0, 0.05) is 62.1 Å². The zero-order valence-corrected chi connectivity index (χ0v) is 34.0. The predicted molar refractivity (Wildman–Crippen MR) is 215 cm³/mol. The monoisotopic (exact) mass is 858 g/mol. The van der Waals surface area contributed by atoms with E-state index in [9.17, 15) is 0 Å². The lowest BCUT2D eigenvalue weighted by Crippen LogP contribution is -2.14. The molecule has 0 bridgehead atoms. The number of oxime groups is 4. The summed E-state index contributed by atoms with van der Waals surface area (Å²) in [6, 6.07) is 17.7. The van der Waals surface area contributed by atoms with E-state index in [1.165, 1.54) is 21.3 Å². The summed E-state index contributed by atoms with van der Waals surface area (Å²) in [5.74, 6) is 1.30. The summed E-state index contributed by atoms with van der Waals surface area (Å²) >= 11 is 35.4. The van der Waals surface area contributed by atoms with Crippen molar-refractivity contribution in [3.05, 3.63) is 113 Å². The summed E-state index contributed by atoms with van der Waals surface area (Å²) in [5.41, 5.74) is 9.91. The van der Waals surface area contributed by atoms with Gasteiger partial charge < -0.3 is 30.0 Å². The molecule has 0 spiro atoms. The number of nitriles is 1. The van der Waals surface area contributed by atoms with Crippen LogP contribution in [0.15, 0.2) is 79.7 Å². The zero-order chi connectivity index (χ0) is 40.0. The van der Waals surface area contributed by atoms with Gasteiger partial charge in [-0.05, 0) is 36.4 Å². The highest BCUT2D eigenvalue weighted by molar-refractivity contribution is 6.43. The maximum absolute atomic E-state index is 8.54. The van der Waals surface area contributed by atoms with Crippen molar-refractivity contribution in [1.82, 2.24) is 10.1 Å². The Kier molecular flexibility index (Phi) is 21.2. The first-order valence-electron chi connectivity index (χ1n) is 15.7. The van der Waals surface area contributed by atoms with Crippen LogP contribution in [0, 0.1) is 18.3 Å².